The summed E-state index contributed by atoms with van der Waals surface area (Å²) in [6, 6.07) is 7.68. The van der Waals surface area contributed by atoms with E-state index >= 15 is 0 Å². The van der Waals surface area contributed by atoms with Gasteiger partial charge in [-0.05, 0) is 26.1 Å². The molecule has 0 fully saturated rings. The Balaban J connectivity index is 2.16. The first kappa shape index (κ1) is 13.3. The molecule has 0 saturated heterocycles. The van der Waals surface area contributed by atoms with Gasteiger partial charge in [0.15, 0.2) is 0 Å². The first-order chi connectivity index (χ1) is 9.22. The van der Waals surface area contributed by atoms with Gasteiger partial charge in [0.2, 0.25) is 0 Å². The zero-order valence-electron chi connectivity index (χ0n) is 11.3. The van der Waals surface area contributed by atoms with Crippen molar-refractivity contribution in [2.75, 3.05) is 14.2 Å². The van der Waals surface area contributed by atoms with Crippen molar-refractivity contribution in [2.45, 2.75) is 13.5 Å². The van der Waals surface area contributed by atoms with Crippen LogP contribution in [-0.2, 0) is 6.54 Å². The van der Waals surface area contributed by atoms with Crippen LogP contribution in [0.3, 0.4) is 0 Å². The zero-order valence-corrected chi connectivity index (χ0v) is 11.3. The van der Waals surface area contributed by atoms with E-state index in [1.54, 1.807) is 19.4 Å². The van der Waals surface area contributed by atoms with Crippen LogP contribution in [-0.4, -0.2) is 24.1 Å². The van der Waals surface area contributed by atoms with E-state index < -0.39 is 0 Å². The van der Waals surface area contributed by atoms with Gasteiger partial charge in [-0.2, -0.15) is 4.98 Å². The van der Waals surface area contributed by atoms with Gasteiger partial charge >= 0.3 is 6.01 Å². The molecule has 2 aromatic rings. The maximum Gasteiger partial charge on any atom is 0.322 e. The highest BCUT2D eigenvalue weighted by molar-refractivity contribution is 5.34. The van der Waals surface area contributed by atoms with Crippen LogP contribution in [0.25, 0.3) is 0 Å². The molecule has 1 aromatic carbocycles. The maximum atomic E-state index is 5.61. The van der Waals surface area contributed by atoms with Gasteiger partial charge in [0.1, 0.15) is 11.5 Å². The quantitative estimate of drug-likeness (QED) is 0.893. The number of ether oxygens (including phenoxy) is 2. The summed E-state index contributed by atoms with van der Waals surface area (Å²) in [5.41, 5.74) is 1.96. The lowest BCUT2D eigenvalue weighted by molar-refractivity contribution is 0.404. The number of benzene rings is 1. The van der Waals surface area contributed by atoms with Crippen LogP contribution in [0.1, 0.15) is 11.3 Å². The van der Waals surface area contributed by atoms with Crippen LogP contribution < -0.4 is 14.8 Å². The summed E-state index contributed by atoms with van der Waals surface area (Å²) in [4.78, 5) is 8.52. The normalized spacial score (nSPS) is 10.3. The second-order valence-electron chi connectivity index (χ2n) is 4.07. The highest BCUT2D eigenvalue weighted by Gasteiger charge is 2.05. The van der Waals surface area contributed by atoms with Crippen molar-refractivity contribution in [3.05, 3.63) is 41.7 Å². The second kappa shape index (κ2) is 6.15. The molecule has 0 bridgehead atoms. The standard InChI is InChI=1S/C14H17N3O2/c1-10-11(8-15-2)9-16-14(17-10)19-13-6-4-5-12(7-13)18-3/h4-7,9,15H,8H2,1-3H3. The molecular weight excluding hydrogens is 242 g/mol. The minimum atomic E-state index is 0.339. The second-order valence-corrected chi connectivity index (χ2v) is 4.07. The van der Waals surface area contributed by atoms with Crippen molar-refractivity contribution in [2.24, 2.45) is 0 Å². The molecule has 1 N–H and O–H groups in total. The fourth-order valence-corrected chi connectivity index (χ4v) is 1.65. The Hall–Kier alpha value is -2.14. The predicted molar refractivity (Wildman–Crippen MR) is 72.6 cm³/mol. The SMILES string of the molecule is CNCc1cnc(Oc2cccc(OC)c2)nc1C. The van der Waals surface area contributed by atoms with E-state index in [9.17, 15) is 0 Å². The third kappa shape index (κ3) is 3.42. The average Bonchev–Trinajstić information content (AvgIpc) is 2.42. The molecule has 19 heavy (non-hydrogen) atoms. The number of hydrogen-bond donors (Lipinski definition) is 1. The third-order valence-electron chi connectivity index (χ3n) is 2.68. The Morgan fingerprint density at radius 2 is 2.05 bits per heavy atom. The van der Waals surface area contributed by atoms with E-state index in [-0.39, 0.29) is 0 Å². The minimum Gasteiger partial charge on any atom is -0.497 e. The lowest BCUT2D eigenvalue weighted by Gasteiger charge is -2.08. The van der Waals surface area contributed by atoms with E-state index in [0.717, 1.165) is 23.6 Å². The number of aromatic nitrogens is 2. The van der Waals surface area contributed by atoms with Crippen LogP contribution in [0.5, 0.6) is 17.5 Å². The van der Waals surface area contributed by atoms with Gasteiger partial charge in [-0.25, -0.2) is 4.98 Å². The van der Waals surface area contributed by atoms with Crippen molar-refractivity contribution in [3.8, 4) is 17.5 Å². The first-order valence-electron chi connectivity index (χ1n) is 6.02. The summed E-state index contributed by atoms with van der Waals surface area (Å²) < 4.78 is 10.8. The Morgan fingerprint density at radius 3 is 2.74 bits per heavy atom. The van der Waals surface area contributed by atoms with Crippen molar-refractivity contribution < 1.29 is 9.47 Å². The monoisotopic (exact) mass is 259 g/mol. The van der Waals surface area contributed by atoms with Crippen molar-refractivity contribution in [3.63, 3.8) is 0 Å². The van der Waals surface area contributed by atoms with Gasteiger partial charge < -0.3 is 14.8 Å². The number of nitrogens with zero attached hydrogens (tertiary/aromatic N) is 2. The fraction of sp³-hybridized carbons (Fsp3) is 0.286. The van der Waals surface area contributed by atoms with Gasteiger partial charge in [-0.3, -0.25) is 0 Å². The predicted octanol–water partition coefficient (Wildman–Crippen LogP) is 2.31. The van der Waals surface area contributed by atoms with Crippen LogP contribution in [0, 0.1) is 6.92 Å². The van der Waals surface area contributed by atoms with Crippen molar-refractivity contribution in [1.82, 2.24) is 15.3 Å². The molecule has 100 valence electrons. The number of aryl methyl sites for hydroxylation is 1. The number of nitrogens with one attached hydrogen (secondary N) is 1. The van der Waals surface area contributed by atoms with Gasteiger partial charge in [-0.15, -0.1) is 0 Å². The number of methoxy groups -OCH3 is 1. The fourth-order valence-electron chi connectivity index (χ4n) is 1.65. The highest BCUT2D eigenvalue weighted by Crippen LogP contribution is 2.23. The molecule has 0 radical (unpaired) electrons. The molecule has 1 heterocycles. The summed E-state index contributed by atoms with van der Waals surface area (Å²) in [5.74, 6) is 1.39. The topological polar surface area (TPSA) is 56.3 Å². The minimum absolute atomic E-state index is 0.339. The zero-order chi connectivity index (χ0) is 13.7. The number of hydrogen-bond acceptors (Lipinski definition) is 5. The largest absolute Gasteiger partial charge is 0.497 e. The molecule has 0 atom stereocenters. The Bertz CT molecular complexity index is 558. The molecule has 2 rings (SSSR count). The van der Waals surface area contributed by atoms with E-state index in [1.165, 1.54) is 0 Å². The van der Waals surface area contributed by atoms with E-state index in [4.69, 9.17) is 9.47 Å². The maximum absolute atomic E-state index is 5.61. The van der Waals surface area contributed by atoms with Crippen molar-refractivity contribution >= 4 is 0 Å². The van der Waals surface area contributed by atoms with E-state index in [0.29, 0.717) is 11.8 Å². The molecule has 0 spiro atoms. The van der Waals surface area contributed by atoms with Crippen LogP contribution in [0.4, 0.5) is 0 Å². The Kier molecular flexibility index (Phi) is 4.30. The Labute approximate surface area is 112 Å². The molecule has 0 aliphatic rings. The summed E-state index contributed by atoms with van der Waals surface area (Å²) in [6.07, 6.45) is 1.77. The molecule has 5 nitrogen and oxygen atoms in total. The summed E-state index contributed by atoms with van der Waals surface area (Å²) in [5, 5.41) is 3.07. The van der Waals surface area contributed by atoms with E-state index in [2.05, 4.69) is 15.3 Å². The average molecular weight is 259 g/mol. The smallest absolute Gasteiger partial charge is 0.322 e. The molecule has 1 aromatic heterocycles. The molecular formula is C14H17N3O2. The molecule has 0 unspecified atom stereocenters. The van der Waals surface area contributed by atoms with Crippen LogP contribution in [0.15, 0.2) is 30.5 Å². The molecule has 0 aliphatic heterocycles. The molecule has 0 saturated carbocycles. The number of rotatable bonds is 5. The van der Waals surface area contributed by atoms with Crippen LogP contribution >= 0.6 is 0 Å². The van der Waals surface area contributed by atoms with E-state index in [1.807, 2.05) is 32.2 Å². The first-order valence-corrected chi connectivity index (χ1v) is 6.02. The highest BCUT2D eigenvalue weighted by atomic mass is 16.5. The lowest BCUT2D eigenvalue weighted by atomic mass is 10.2. The van der Waals surface area contributed by atoms with Gasteiger partial charge in [0.25, 0.3) is 0 Å². The summed E-state index contributed by atoms with van der Waals surface area (Å²) in [6.45, 7) is 2.68. The molecule has 0 amide bonds. The lowest BCUT2D eigenvalue weighted by Crippen LogP contribution is -2.08. The molecule has 0 aliphatic carbocycles. The Morgan fingerprint density at radius 1 is 1.26 bits per heavy atom. The third-order valence-corrected chi connectivity index (χ3v) is 2.68. The van der Waals surface area contributed by atoms with Gasteiger partial charge in [-0.1, -0.05) is 6.07 Å². The summed E-state index contributed by atoms with van der Waals surface area (Å²) in [7, 11) is 3.51. The van der Waals surface area contributed by atoms with Gasteiger partial charge in [0.05, 0.1) is 7.11 Å². The van der Waals surface area contributed by atoms with Crippen molar-refractivity contribution in [1.29, 1.82) is 0 Å². The molecule has 5 heteroatoms. The summed E-state index contributed by atoms with van der Waals surface area (Å²) >= 11 is 0. The van der Waals surface area contributed by atoms with Crippen LogP contribution in [0.2, 0.25) is 0 Å². The van der Waals surface area contributed by atoms with Gasteiger partial charge in [0, 0.05) is 30.1 Å².